The SMILES string of the molecule is Cc1cc(C(C)(C)C)cc(C)c1N1c2cc3c(cc2B2c4sc5ccc(C(C)(C)C)cc5c4N(c4ccc(C(C)(C)C)cc4)c4cc(N(c5ccccc5)c5ccccc5)cc1c42)CC(C)(C)C3. The maximum atomic E-state index is 2.70. The van der Waals surface area contributed by atoms with E-state index in [1.165, 1.54) is 98.9 Å². The maximum Gasteiger partial charge on any atom is 0.264 e. The van der Waals surface area contributed by atoms with Gasteiger partial charge in [-0.2, -0.15) is 0 Å². The van der Waals surface area contributed by atoms with Crippen LogP contribution >= 0.6 is 11.3 Å². The van der Waals surface area contributed by atoms with E-state index in [1.54, 1.807) is 0 Å². The Balaban J connectivity index is 1.31. The third-order valence-electron chi connectivity index (χ3n) is 15.0. The molecule has 0 atom stereocenters. The molecule has 0 saturated carbocycles. The largest absolute Gasteiger partial charge is 0.311 e. The molecule has 0 spiro atoms. The number of benzene rings is 7. The first kappa shape index (κ1) is 44.5. The minimum atomic E-state index is -0.00939. The van der Waals surface area contributed by atoms with Gasteiger partial charge < -0.3 is 14.7 Å². The minimum Gasteiger partial charge on any atom is -0.311 e. The van der Waals surface area contributed by atoms with Crippen molar-refractivity contribution in [1.82, 2.24) is 0 Å². The van der Waals surface area contributed by atoms with Crippen molar-refractivity contribution in [3.05, 3.63) is 178 Å². The van der Waals surface area contributed by atoms with E-state index in [4.69, 9.17) is 0 Å². The van der Waals surface area contributed by atoms with E-state index >= 15 is 0 Å². The Hall–Kier alpha value is -6.04. The van der Waals surface area contributed by atoms with Crippen molar-refractivity contribution in [2.24, 2.45) is 5.41 Å². The second-order valence-electron chi connectivity index (χ2n) is 24.0. The van der Waals surface area contributed by atoms with Crippen LogP contribution in [0.4, 0.5) is 51.2 Å². The van der Waals surface area contributed by atoms with Crippen LogP contribution in [0.1, 0.15) is 115 Å². The topological polar surface area (TPSA) is 9.72 Å². The minimum absolute atomic E-state index is 0.00939. The van der Waals surface area contributed by atoms with Crippen molar-refractivity contribution in [3.8, 4) is 0 Å². The molecule has 0 fully saturated rings. The predicted molar refractivity (Wildman–Crippen MR) is 297 cm³/mol. The van der Waals surface area contributed by atoms with E-state index in [9.17, 15) is 0 Å². The van der Waals surface area contributed by atoms with Gasteiger partial charge >= 0.3 is 0 Å². The predicted octanol–water partition coefficient (Wildman–Crippen LogP) is 16.1. The lowest BCUT2D eigenvalue weighted by molar-refractivity contribution is 0.392. The monoisotopic (exact) mass is 908 g/mol. The molecule has 0 bridgehead atoms. The number of aryl methyl sites for hydroxylation is 2. The lowest BCUT2D eigenvalue weighted by Gasteiger charge is -2.45. The highest BCUT2D eigenvalue weighted by Crippen LogP contribution is 2.53. The molecular formula is C63H66BN3S. The highest BCUT2D eigenvalue weighted by Gasteiger charge is 2.47. The van der Waals surface area contributed by atoms with Gasteiger partial charge in [-0.25, -0.2) is 0 Å². The number of fused-ring (bicyclic) bond motifs is 7. The van der Waals surface area contributed by atoms with Crippen LogP contribution in [0.3, 0.4) is 0 Å². The second-order valence-corrected chi connectivity index (χ2v) is 25.1. The number of thiophene rings is 1. The molecule has 0 saturated heterocycles. The van der Waals surface area contributed by atoms with Gasteiger partial charge in [0, 0.05) is 49.0 Å². The Morgan fingerprint density at radius 2 is 1.04 bits per heavy atom. The first-order valence-corrected chi connectivity index (χ1v) is 25.6. The molecule has 1 aliphatic carbocycles. The molecule has 8 aromatic rings. The van der Waals surface area contributed by atoms with E-state index in [1.807, 2.05) is 11.3 Å². The molecule has 11 rings (SSSR count). The fourth-order valence-electron chi connectivity index (χ4n) is 11.6. The van der Waals surface area contributed by atoms with Gasteiger partial charge in [-0.1, -0.05) is 149 Å². The number of rotatable bonds is 5. The van der Waals surface area contributed by atoms with E-state index in [-0.39, 0.29) is 28.4 Å². The zero-order chi connectivity index (χ0) is 47.8. The van der Waals surface area contributed by atoms with Crippen molar-refractivity contribution in [3.63, 3.8) is 0 Å². The number of nitrogens with zero attached hydrogens (tertiary/aromatic N) is 3. The molecule has 5 heteroatoms. The number of hydrogen-bond donors (Lipinski definition) is 0. The van der Waals surface area contributed by atoms with Crippen molar-refractivity contribution in [2.75, 3.05) is 14.7 Å². The van der Waals surface area contributed by atoms with Crippen molar-refractivity contribution < 1.29 is 0 Å². The summed E-state index contributed by atoms with van der Waals surface area (Å²) in [6, 6.07) is 53.9. The Labute approximate surface area is 410 Å². The van der Waals surface area contributed by atoms with Gasteiger partial charge in [0.15, 0.2) is 0 Å². The van der Waals surface area contributed by atoms with Crippen LogP contribution in [-0.4, -0.2) is 6.71 Å². The molecular weight excluding hydrogens is 842 g/mol. The standard InChI is InChI=1S/C63H66BN3S/c1-39-30-45(62(9,10)11)31-40(2)57(39)67-52-33-42-38-63(12,13)37-41(42)32-51(52)64-56-53(35-49(36-54(56)67)65(46-20-16-14-17-21-46)47-22-18-15-19-23-47)66(48-27-24-43(25-28-48)60(3,4)5)58-50-34-44(61(6,7)8)26-29-55(50)68-59(58)64/h14-36H,37-38H2,1-13H3. The Morgan fingerprint density at radius 1 is 0.515 bits per heavy atom. The van der Waals surface area contributed by atoms with Crippen LogP contribution in [-0.2, 0) is 29.1 Å². The molecule has 1 aromatic heterocycles. The lowest BCUT2D eigenvalue weighted by atomic mass is 9.36. The van der Waals surface area contributed by atoms with E-state index in [2.05, 4.69) is 244 Å². The molecule has 0 N–H and O–H groups in total. The zero-order valence-corrected chi connectivity index (χ0v) is 43.3. The molecule has 0 amide bonds. The molecule has 0 unspecified atom stereocenters. The van der Waals surface area contributed by atoms with Gasteiger partial charge in [-0.15, -0.1) is 11.3 Å². The molecule has 342 valence electrons. The van der Waals surface area contributed by atoms with Crippen LogP contribution in [0.2, 0.25) is 0 Å². The summed E-state index contributed by atoms with van der Waals surface area (Å²) in [7, 11) is 0. The smallest absolute Gasteiger partial charge is 0.264 e. The van der Waals surface area contributed by atoms with Gasteiger partial charge in [0.2, 0.25) is 0 Å². The first-order chi connectivity index (χ1) is 32.2. The van der Waals surface area contributed by atoms with Gasteiger partial charge in [-0.05, 0) is 165 Å². The molecule has 3 heterocycles. The third-order valence-corrected chi connectivity index (χ3v) is 16.3. The number of para-hydroxylation sites is 2. The molecule has 3 aliphatic rings. The number of anilines is 9. The first-order valence-electron chi connectivity index (χ1n) is 24.8. The fraction of sp³-hybridized carbons (Fsp3) is 0.302. The van der Waals surface area contributed by atoms with E-state index in [0.29, 0.717) is 0 Å². The number of hydrogen-bond acceptors (Lipinski definition) is 4. The van der Waals surface area contributed by atoms with Crippen LogP contribution in [0.15, 0.2) is 140 Å². The normalized spacial score (nSPS) is 15.0. The summed E-state index contributed by atoms with van der Waals surface area (Å²) in [4.78, 5) is 7.82. The summed E-state index contributed by atoms with van der Waals surface area (Å²) in [6.07, 6.45) is 2.16. The Bertz CT molecular complexity index is 3220. The van der Waals surface area contributed by atoms with Crippen LogP contribution < -0.4 is 30.4 Å². The van der Waals surface area contributed by atoms with Gasteiger partial charge in [0.25, 0.3) is 6.71 Å². The van der Waals surface area contributed by atoms with Gasteiger partial charge in [0.1, 0.15) is 0 Å². The highest BCUT2D eigenvalue weighted by molar-refractivity contribution is 7.33. The van der Waals surface area contributed by atoms with E-state index < -0.39 is 0 Å². The Morgan fingerprint density at radius 3 is 1.60 bits per heavy atom. The quantitative estimate of drug-likeness (QED) is 0.159. The summed E-state index contributed by atoms with van der Waals surface area (Å²) in [6.45, 7) is 30.6. The van der Waals surface area contributed by atoms with Gasteiger partial charge in [-0.3, -0.25) is 0 Å². The summed E-state index contributed by atoms with van der Waals surface area (Å²) in [5, 5.41) is 1.33. The van der Waals surface area contributed by atoms with Crippen LogP contribution in [0.5, 0.6) is 0 Å². The third kappa shape index (κ3) is 7.30. The fourth-order valence-corrected chi connectivity index (χ4v) is 12.9. The summed E-state index contributed by atoms with van der Waals surface area (Å²) >= 11 is 2.00. The molecule has 68 heavy (non-hydrogen) atoms. The maximum absolute atomic E-state index is 2.70. The molecule has 2 aliphatic heterocycles. The second kappa shape index (κ2) is 15.5. The van der Waals surface area contributed by atoms with E-state index in [0.717, 1.165) is 29.9 Å². The molecule has 0 radical (unpaired) electrons. The average molecular weight is 908 g/mol. The average Bonchev–Trinajstić information content (AvgIpc) is 3.81. The molecule has 7 aromatic carbocycles. The molecule has 3 nitrogen and oxygen atoms in total. The Kier molecular flexibility index (Phi) is 10.1. The van der Waals surface area contributed by atoms with Crippen molar-refractivity contribution >= 4 is 95.0 Å². The van der Waals surface area contributed by atoms with Crippen molar-refractivity contribution in [1.29, 1.82) is 0 Å². The van der Waals surface area contributed by atoms with Crippen molar-refractivity contribution in [2.45, 2.75) is 119 Å². The summed E-state index contributed by atoms with van der Waals surface area (Å²) in [5.74, 6) is 0. The highest BCUT2D eigenvalue weighted by atomic mass is 32.1. The summed E-state index contributed by atoms with van der Waals surface area (Å²) in [5.41, 5.74) is 23.6. The zero-order valence-electron chi connectivity index (χ0n) is 42.5. The lowest BCUT2D eigenvalue weighted by Crippen LogP contribution is -2.60. The summed E-state index contributed by atoms with van der Waals surface area (Å²) < 4.78 is 2.75. The van der Waals surface area contributed by atoms with Gasteiger partial charge in [0.05, 0.1) is 17.1 Å². The van der Waals surface area contributed by atoms with Crippen LogP contribution in [0.25, 0.3) is 10.1 Å². The van der Waals surface area contributed by atoms with Crippen LogP contribution in [0, 0.1) is 19.3 Å².